The average molecular weight is 390 g/mol. The highest BCUT2D eigenvalue weighted by atomic mass is 35.5. The van der Waals surface area contributed by atoms with Crippen LogP contribution in [0.15, 0.2) is 54.6 Å². The normalized spacial score (nSPS) is 17.9. The highest BCUT2D eigenvalue weighted by molar-refractivity contribution is 5.85. The smallest absolute Gasteiger partial charge is 0.227 e. The number of anilines is 1. The number of nitrogens with zero attached hydrogens (tertiary/aromatic N) is 2. The Labute approximate surface area is 167 Å². The summed E-state index contributed by atoms with van der Waals surface area (Å²) in [6.07, 6.45) is 0.811. The summed E-state index contributed by atoms with van der Waals surface area (Å²) >= 11 is 0. The van der Waals surface area contributed by atoms with Gasteiger partial charge < -0.3 is 15.7 Å². The number of likely N-dealkylation sites (N-methyl/N-ethyl adjacent to an activating group) is 1. The van der Waals surface area contributed by atoms with Crippen LogP contribution in [0.1, 0.15) is 23.6 Å². The number of para-hydroxylation sites is 1. The number of nitrogens with two attached hydrogens (primary N) is 1. The molecule has 6 heteroatoms. The number of rotatable bonds is 6. The van der Waals surface area contributed by atoms with E-state index in [9.17, 15) is 9.90 Å². The van der Waals surface area contributed by atoms with Gasteiger partial charge in [0.05, 0.1) is 18.6 Å². The first kappa shape index (κ1) is 21.2. The fourth-order valence-electron chi connectivity index (χ4n) is 3.51. The van der Waals surface area contributed by atoms with Crippen molar-refractivity contribution in [3.8, 4) is 0 Å². The maximum absolute atomic E-state index is 12.9. The Hall–Kier alpha value is -2.08. The van der Waals surface area contributed by atoms with E-state index in [1.165, 1.54) is 0 Å². The molecule has 1 amide bonds. The number of benzene rings is 2. The lowest BCUT2D eigenvalue weighted by Crippen LogP contribution is -2.39. The van der Waals surface area contributed by atoms with E-state index in [-0.39, 0.29) is 36.9 Å². The molecule has 2 aromatic rings. The summed E-state index contributed by atoms with van der Waals surface area (Å²) in [5, 5.41) is 9.82. The van der Waals surface area contributed by atoms with Crippen molar-refractivity contribution < 1.29 is 9.90 Å². The molecule has 0 bridgehead atoms. The van der Waals surface area contributed by atoms with Crippen LogP contribution in [-0.2, 0) is 11.2 Å². The molecule has 0 aromatic heterocycles. The van der Waals surface area contributed by atoms with E-state index >= 15 is 0 Å². The second-order valence-electron chi connectivity index (χ2n) is 7.01. The standard InChI is InChI=1S/C21H27N3O2.ClH/c1-23(21(26)13-17-9-5-6-10-19(17)22)20(16-7-3-2-4-8-16)15-24-12-11-18(25)14-24;/h2-10,18,20,25H,11-15,22H2,1H3;1H/t18-,20?;/m0./s1. The van der Waals surface area contributed by atoms with Crippen molar-refractivity contribution in [2.75, 3.05) is 32.4 Å². The molecule has 1 aliphatic heterocycles. The Bertz CT molecular complexity index is 741. The van der Waals surface area contributed by atoms with Crippen molar-refractivity contribution in [2.24, 2.45) is 0 Å². The van der Waals surface area contributed by atoms with Gasteiger partial charge in [-0.1, -0.05) is 48.5 Å². The Balaban J connectivity index is 0.00000261. The molecule has 146 valence electrons. The summed E-state index contributed by atoms with van der Waals surface area (Å²) < 4.78 is 0. The SMILES string of the molecule is CN(C(=O)Cc1ccccc1N)C(CN1CC[C@H](O)C1)c1ccccc1.Cl. The van der Waals surface area contributed by atoms with Crippen molar-refractivity contribution >= 4 is 24.0 Å². The van der Waals surface area contributed by atoms with E-state index in [2.05, 4.69) is 17.0 Å². The quantitative estimate of drug-likeness (QED) is 0.745. The molecule has 1 heterocycles. The molecule has 2 aromatic carbocycles. The number of amides is 1. The van der Waals surface area contributed by atoms with Crippen LogP contribution < -0.4 is 5.73 Å². The molecule has 3 N–H and O–H groups in total. The minimum Gasteiger partial charge on any atom is -0.398 e. The van der Waals surface area contributed by atoms with Gasteiger partial charge in [-0.2, -0.15) is 0 Å². The second-order valence-corrected chi connectivity index (χ2v) is 7.01. The predicted octanol–water partition coefficient (Wildman–Crippen LogP) is 2.50. The third-order valence-corrected chi connectivity index (χ3v) is 5.12. The van der Waals surface area contributed by atoms with Gasteiger partial charge in [-0.15, -0.1) is 12.4 Å². The van der Waals surface area contributed by atoms with Crippen molar-refractivity contribution in [2.45, 2.75) is 25.0 Å². The summed E-state index contributed by atoms with van der Waals surface area (Å²) in [5.74, 6) is 0.0384. The third kappa shape index (κ3) is 5.45. The minimum atomic E-state index is -0.267. The maximum atomic E-state index is 12.9. The molecule has 1 aliphatic rings. The number of aliphatic hydroxyl groups is 1. The lowest BCUT2D eigenvalue weighted by atomic mass is 10.0. The number of aliphatic hydroxyl groups excluding tert-OH is 1. The zero-order valence-corrected chi connectivity index (χ0v) is 16.4. The molecule has 3 rings (SSSR count). The monoisotopic (exact) mass is 389 g/mol. The van der Waals surface area contributed by atoms with Crippen molar-refractivity contribution in [3.63, 3.8) is 0 Å². The number of hydrogen-bond acceptors (Lipinski definition) is 4. The van der Waals surface area contributed by atoms with Crippen LogP contribution >= 0.6 is 12.4 Å². The zero-order chi connectivity index (χ0) is 18.5. The van der Waals surface area contributed by atoms with Crippen molar-refractivity contribution in [1.29, 1.82) is 0 Å². The van der Waals surface area contributed by atoms with E-state index in [0.717, 1.165) is 24.1 Å². The highest BCUT2D eigenvalue weighted by Gasteiger charge is 2.28. The molecular formula is C21H28ClN3O2. The topological polar surface area (TPSA) is 69.8 Å². The molecule has 0 aliphatic carbocycles. The molecule has 0 radical (unpaired) electrons. The highest BCUT2D eigenvalue weighted by Crippen LogP contribution is 2.24. The van der Waals surface area contributed by atoms with E-state index in [4.69, 9.17) is 5.73 Å². The Kier molecular flexibility index (Phi) is 7.66. The predicted molar refractivity (Wildman–Crippen MR) is 111 cm³/mol. The molecule has 0 saturated carbocycles. The van der Waals surface area contributed by atoms with Crippen LogP contribution in [0.25, 0.3) is 0 Å². The number of carbonyl (C=O) groups excluding carboxylic acids is 1. The first-order valence-corrected chi connectivity index (χ1v) is 9.09. The largest absolute Gasteiger partial charge is 0.398 e. The molecular weight excluding hydrogens is 362 g/mol. The summed E-state index contributed by atoms with van der Waals surface area (Å²) in [5.41, 5.74) is 8.60. The third-order valence-electron chi connectivity index (χ3n) is 5.12. The fourth-order valence-corrected chi connectivity index (χ4v) is 3.51. The number of β-amino-alcohol motifs (C(OH)–C–C–N with tert-alkyl or cyclic N) is 1. The molecule has 1 unspecified atom stereocenters. The zero-order valence-electron chi connectivity index (χ0n) is 15.6. The van der Waals surface area contributed by atoms with Gasteiger partial charge in [0.25, 0.3) is 0 Å². The van der Waals surface area contributed by atoms with Crippen LogP contribution in [0.2, 0.25) is 0 Å². The maximum Gasteiger partial charge on any atom is 0.227 e. The number of hydrogen-bond donors (Lipinski definition) is 2. The number of nitrogen functional groups attached to an aromatic ring is 1. The van der Waals surface area contributed by atoms with Crippen LogP contribution in [0.3, 0.4) is 0 Å². The van der Waals surface area contributed by atoms with Gasteiger partial charge in [0, 0.05) is 32.4 Å². The van der Waals surface area contributed by atoms with Gasteiger partial charge in [-0.25, -0.2) is 0 Å². The van der Waals surface area contributed by atoms with Gasteiger partial charge in [-0.05, 0) is 23.6 Å². The molecule has 27 heavy (non-hydrogen) atoms. The molecule has 2 atom stereocenters. The fraction of sp³-hybridized carbons (Fsp3) is 0.381. The van der Waals surface area contributed by atoms with E-state index in [0.29, 0.717) is 18.8 Å². The van der Waals surface area contributed by atoms with Gasteiger partial charge in [0.15, 0.2) is 0 Å². The van der Waals surface area contributed by atoms with Gasteiger partial charge in [0.1, 0.15) is 0 Å². The summed E-state index contributed by atoms with van der Waals surface area (Å²) in [6, 6.07) is 17.5. The van der Waals surface area contributed by atoms with Gasteiger partial charge >= 0.3 is 0 Å². The number of carbonyl (C=O) groups is 1. The lowest BCUT2D eigenvalue weighted by Gasteiger charge is -2.32. The van der Waals surface area contributed by atoms with Crippen LogP contribution in [0.5, 0.6) is 0 Å². The Morgan fingerprint density at radius 3 is 2.52 bits per heavy atom. The summed E-state index contributed by atoms with van der Waals surface area (Å²) in [7, 11) is 1.85. The van der Waals surface area contributed by atoms with Crippen molar-refractivity contribution in [3.05, 3.63) is 65.7 Å². The average Bonchev–Trinajstić information content (AvgIpc) is 3.06. The van der Waals surface area contributed by atoms with Crippen LogP contribution in [0, 0.1) is 0 Å². The second kappa shape index (κ2) is 9.74. The first-order chi connectivity index (χ1) is 12.5. The Morgan fingerprint density at radius 2 is 1.89 bits per heavy atom. The van der Waals surface area contributed by atoms with Crippen molar-refractivity contribution in [1.82, 2.24) is 9.80 Å². The van der Waals surface area contributed by atoms with Crippen LogP contribution in [0.4, 0.5) is 5.69 Å². The Morgan fingerprint density at radius 1 is 1.22 bits per heavy atom. The lowest BCUT2D eigenvalue weighted by molar-refractivity contribution is -0.131. The van der Waals surface area contributed by atoms with Gasteiger partial charge in [0.2, 0.25) is 5.91 Å². The molecule has 0 spiro atoms. The van der Waals surface area contributed by atoms with E-state index in [1.54, 1.807) is 0 Å². The van der Waals surface area contributed by atoms with E-state index in [1.807, 2.05) is 54.4 Å². The van der Waals surface area contributed by atoms with Crippen LogP contribution in [-0.4, -0.2) is 53.6 Å². The first-order valence-electron chi connectivity index (χ1n) is 9.09. The molecule has 5 nitrogen and oxygen atoms in total. The number of halogens is 1. The summed E-state index contributed by atoms with van der Waals surface area (Å²) in [6.45, 7) is 2.24. The van der Waals surface area contributed by atoms with Gasteiger partial charge in [-0.3, -0.25) is 9.69 Å². The minimum absolute atomic E-state index is 0. The van der Waals surface area contributed by atoms with E-state index < -0.39 is 0 Å². The molecule has 1 saturated heterocycles. The molecule has 1 fully saturated rings. The number of likely N-dealkylation sites (tertiary alicyclic amines) is 1. The summed E-state index contributed by atoms with van der Waals surface area (Å²) in [4.78, 5) is 17.0.